The zero-order chi connectivity index (χ0) is 34.4. The fourth-order valence-electron chi connectivity index (χ4n) is 9.74. The number of hydrogen-bond donors (Lipinski definition) is 0. The maximum atomic E-state index is 2.51. The van der Waals surface area contributed by atoms with Gasteiger partial charge in [0.05, 0.1) is 26.8 Å². The quantitative estimate of drug-likeness (QED) is 0.171. The first-order valence-electron chi connectivity index (χ1n) is 18.3. The molecule has 0 aliphatic heterocycles. The van der Waals surface area contributed by atoms with E-state index in [1.165, 1.54) is 108 Å². The fourth-order valence-corrected chi connectivity index (χ4v) is 11.0. The van der Waals surface area contributed by atoms with Crippen molar-refractivity contribution >= 4 is 96.7 Å². The van der Waals surface area contributed by atoms with Gasteiger partial charge in [0.1, 0.15) is 0 Å². The maximum absolute atomic E-state index is 2.51. The summed E-state index contributed by atoms with van der Waals surface area (Å²) in [7, 11) is 0. The molecule has 0 saturated carbocycles. The summed E-state index contributed by atoms with van der Waals surface area (Å²) < 4.78 is 7.68. The Kier molecular flexibility index (Phi) is 5.28. The monoisotopic (exact) mass is 688 g/mol. The molecule has 244 valence electrons. The van der Waals surface area contributed by atoms with Gasteiger partial charge in [0.2, 0.25) is 0 Å². The Morgan fingerprint density at radius 1 is 0.340 bits per heavy atom. The van der Waals surface area contributed by atoms with E-state index < -0.39 is 0 Å². The van der Waals surface area contributed by atoms with E-state index in [1.807, 2.05) is 11.3 Å². The molecule has 0 saturated heterocycles. The molecule has 1 aliphatic rings. The number of nitrogens with zero attached hydrogens (tertiary/aromatic N) is 2. The van der Waals surface area contributed by atoms with Crippen molar-refractivity contribution in [2.45, 2.75) is 0 Å². The maximum Gasteiger partial charge on any atom is 0.0726 e. The van der Waals surface area contributed by atoms with Gasteiger partial charge in [-0.3, -0.25) is 0 Å². The van der Waals surface area contributed by atoms with Gasteiger partial charge in [0.15, 0.2) is 0 Å². The molecular weight excluding hydrogens is 661 g/mol. The molecule has 13 rings (SSSR count). The van der Waals surface area contributed by atoms with E-state index in [4.69, 9.17) is 0 Å². The van der Waals surface area contributed by atoms with Crippen molar-refractivity contribution in [2.75, 3.05) is 0 Å². The molecular formula is C50H28N2S. The number of para-hydroxylation sites is 2. The zero-order valence-corrected chi connectivity index (χ0v) is 29.3. The van der Waals surface area contributed by atoms with Crippen LogP contribution in [0.3, 0.4) is 0 Å². The Labute approximate surface area is 308 Å². The lowest BCUT2D eigenvalue weighted by molar-refractivity contribution is 1.15. The van der Waals surface area contributed by atoms with E-state index in [1.54, 1.807) is 0 Å². The van der Waals surface area contributed by atoms with Gasteiger partial charge in [-0.15, -0.1) is 11.3 Å². The summed E-state index contributed by atoms with van der Waals surface area (Å²) in [6, 6.07) is 63.1. The van der Waals surface area contributed by atoms with E-state index in [0.717, 1.165) is 11.4 Å². The van der Waals surface area contributed by atoms with Crippen LogP contribution in [0.5, 0.6) is 0 Å². The average Bonchev–Trinajstić information content (AvgIpc) is 3.96. The summed E-state index contributed by atoms with van der Waals surface area (Å²) in [6.45, 7) is 0. The summed E-state index contributed by atoms with van der Waals surface area (Å²) in [5.74, 6) is 0. The fraction of sp³-hybridized carbons (Fsp3) is 0. The van der Waals surface area contributed by atoms with Gasteiger partial charge < -0.3 is 9.13 Å². The number of rotatable bonds is 2. The third kappa shape index (κ3) is 3.48. The lowest BCUT2D eigenvalue weighted by atomic mass is 9.99. The van der Waals surface area contributed by atoms with Gasteiger partial charge in [-0.1, -0.05) is 127 Å². The van der Waals surface area contributed by atoms with Crippen molar-refractivity contribution in [1.29, 1.82) is 0 Å². The normalized spacial score (nSPS) is 12.5. The van der Waals surface area contributed by atoms with Crippen LogP contribution >= 0.6 is 11.3 Å². The molecule has 3 aromatic heterocycles. The Hall–Kier alpha value is -6.68. The van der Waals surface area contributed by atoms with E-state index in [9.17, 15) is 0 Å². The van der Waals surface area contributed by atoms with Gasteiger partial charge in [-0.25, -0.2) is 0 Å². The standard InChI is InChI=1S/C50H28N2S/c1-2-15-35-34(14-1)45-38-16-4-7-21-42(38)52(49(45)50-47(35)39-17-5-8-22-43(39)53-50)31-25-23-30(24-26-31)51-41-20-6-3-13-32(41)37-28-27-36-33-18-9-11-29-12-10-19-40(44(29)33)46(36)48(37)51/h1-28H. The first-order valence-corrected chi connectivity index (χ1v) is 19.1. The molecule has 3 heteroatoms. The van der Waals surface area contributed by atoms with Crippen LogP contribution in [0.2, 0.25) is 0 Å². The van der Waals surface area contributed by atoms with Gasteiger partial charge in [-0.2, -0.15) is 0 Å². The average molecular weight is 689 g/mol. The minimum Gasteiger partial charge on any atom is -0.309 e. The summed E-state index contributed by atoms with van der Waals surface area (Å²) in [5.41, 5.74) is 12.6. The molecule has 0 atom stereocenters. The highest BCUT2D eigenvalue weighted by Crippen LogP contribution is 2.52. The highest BCUT2D eigenvalue weighted by Gasteiger charge is 2.27. The van der Waals surface area contributed by atoms with Crippen LogP contribution < -0.4 is 0 Å². The summed E-state index contributed by atoms with van der Waals surface area (Å²) in [5, 5.41) is 13.1. The molecule has 0 spiro atoms. The first-order chi connectivity index (χ1) is 26.3. The van der Waals surface area contributed by atoms with E-state index >= 15 is 0 Å². The second-order valence-electron chi connectivity index (χ2n) is 14.4. The van der Waals surface area contributed by atoms with Crippen molar-refractivity contribution < 1.29 is 0 Å². The molecule has 53 heavy (non-hydrogen) atoms. The van der Waals surface area contributed by atoms with Crippen molar-refractivity contribution in [3.05, 3.63) is 170 Å². The SMILES string of the molecule is c1cc2c3c(cccc3c1)-c1c-2ccc2c3ccccc3n(-c3ccc(-n4c5ccccc5c5c6ccccc6c6c7ccccc7sc6c54)cc3)c12. The number of aromatic nitrogens is 2. The van der Waals surface area contributed by atoms with Gasteiger partial charge in [0, 0.05) is 54.0 Å². The van der Waals surface area contributed by atoms with Crippen LogP contribution in [-0.2, 0) is 0 Å². The van der Waals surface area contributed by atoms with Crippen molar-refractivity contribution in [2.24, 2.45) is 0 Å². The number of benzene rings is 9. The third-order valence-corrected chi connectivity index (χ3v) is 13.0. The largest absolute Gasteiger partial charge is 0.309 e. The Bertz CT molecular complexity index is 3550. The second kappa shape index (κ2) is 10.0. The number of fused-ring (bicyclic) bond motifs is 17. The smallest absolute Gasteiger partial charge is 0.0726 e. The lowest BCUT2D eigenvalue weighted by Crippen LogP contribution is -1.98. The molecule has 12 aromatic rings. The van der Waals surface area contributed by atoms with Crippen LogP contribution in [0.15, 0.2) is 170 Å². The van der Waals surface area contributed by atoms with Gasteiger partial charge in [-0.05, 0) is 80.7 Å². The van der Waals surface area contributed by atoms with E-state index in [-0.39, 0.29) is 0 Å². The summed E-state index contributed by atoms with van der Waals surface area (Å²) in [4.78, 5) is 0. The summed E-state index contributed by atoms with van der Waals surface area (Å²) in [6.07, 6.45) is 0. The molecule has 0 fully saturated rings. The molecule has 0 bridgehead atoms. The predicted molar refractivity (Wildman–Crippen MR) is 227 cm³/mol. The highest BCUT2D eigenvalue weighted by atomic mass is 32.1. The topological polar surface area (TPSA) is 9.86 Å². The molecule has 1 aliphatic carbocycles. The highest BCUT2D eigenvalue weighted by molar-refractivity contribution is 7.27. The molecule has 2 nitrogen and oxygen atoms in total. The number of hydrogen-bond acceptors (Lipinski definition) is 1. The Morgan fingerprint density at radius 2 is 0.925 bits per heavy atom. The van der Waals surface area contributed by atoms with Crippen LogP contribution in [0.1, 0.15) is 0 Å². The molecule has 9 aromatic carbocycles. The minimum absolute atomic E-state index is 1.16. The van der Waals surface area contributed by atoms with Gasteiger partial charge >= 0.3 is 0 Å². The van der Waals surface area contributed by atoms with Crippen LogP contribution in [-0.4, -0.2) is 9.13 Å². The molecule has 3 heterocycles. The van der Waals surface area contributed by atoms with Crippen molar-refractivity contribution in [3.8, 4) is 33.6 Å². The zero-order valence-electron chi connectivity index (χ0n) is 28.5. The minimum atomic E-state index is 1.16. The van der Waals surface area contributed by atoms with Crippen molar-refractivity contribution in [1.82, 2.24) is 9.13 Å². The van der Waals surface area contributed by atoms with Crippen molar-refractivity contribution in [3.63, 3.8) is 0 Å². The molecule has 0 amide bonds. The molecule has 0 unspecified atom stereocenters. The Balaban J connectivity index is 1.11. The van der Waals surface area contributed by atoms with E-state index in [2.05, 4.69) is 179 Å². The summed E-state index contributed by atoms with van der Waals surface area (Å²) >= 11 is 1.91. The molecule has 0 N–H and O–H groups in total. The van der Waals surface area contributed by atoms with E-state index in [0.29, 0.717) is 0 Å². The van der Waals surface area contributed by atoms with Crippen LogP contribution in [0.4, 0.5) is 0 Å². The lowest BCUT2D eigenvalue weighted by Gasteiger charge is -2.14. The second-order valence-corrected chi connectivity index (χ2v) is 15.4. The predicted octanol–water partition coefficient (Wildman–Crippen LogP) is 14.2. The third-order valence-electron chi connectivity index (χ3n) is 11.8. The first kappa shape index (κ1) is 28.0. The molecule has 0 radical (unpaired) electrons. The van der Waals surface area contributed by atoms with Crippen LogP contribution in [0, 0.1) is 0 Å². The Morgan fingerprint density at radius 3 is 1.68 bits per heavy atom. The number of thiophene rings is 1. The van der Waals surface area contributed by atoms with Gasteiger partial charge in [0.25, 0.3) is 0 Å². The van der Waals surface area contributed by atoms with Crippen LogP contribution in [0.25, 0.3) is 119 Å².